The van der Waals surface area contributed by atoms with Gasteiger partial charge in [-0.25, -0.2) is 5.43 Å². The maximum atomic E-state index is 12.3. The molecule has 0 saturated carbocycles. The highest BCUT2D eigenvalue weighted by atomic mass is 35.5. The van der Waals surface area contributed by atoms with E-state index < -0.39 is 11.8 Å². The van der Waals surface area contributed by atoms with Gasteiger partial charge in [-0.3, -0.25) is 14.4 Å². The van der Waals surface area contributed by atoms with Crippen molar-refractivity contribution in [1.82, 2.24) is 5.43 Å². The molecular weight excluding hydrogens is 519 g/mol. The van der Waals surface area contributed by atoms with Gasteiger partial charge in [0.2, 0.25) is 0 Å². The number of nitrogens with one attached hydrogen (secondary N) is 3. The van der Waals surface area contributed by atoms with Crippen LogP contribution in [0.5, 0.6) is 11.5 Å². The van der Waals surface area contributed by atoms with Crippen molar-refractivity contribution in [1.29, 1.82) is 0 Å². The third-order valence-electron chi connectivity index (χ3n) is 4.84. The van der Waals surface area contributed by atoms with E-state index in [0.717, 1.165) is 11.1 Å². The molecule has 0 aliphatic rings. The van der Waals surface area contributed by atoms with Crippen molar-refractivity contribution in [2.75, 3.05) is 24.4 Å². The summed E-state index contributed by atoms with van der Waals surface area (Å²) in [4.78, 5) is 36.4. The minimum absolute atomic E-state index is 0.117. The molecule has 9 nitrogen and oxygen atoms in total. The lowest BCUT2D eigenvalue weighted by Gasteiger charge is -2.12. The van der Waals surface area contributed by atoms with Gasteiger partial charge in [-0.15, -0.1) is 0 Å². The fourth-order valence-corrected chi connectivity index (χ4v) is 3.61. The first-order chi connectivity index (χ1) is 17.7. The van der Waals surface area contributed by atoms with E-state index in [1.165, 1.54) is 19.4 Å². The molecule has 3 rings (SSSR count). The van der Waals surface area contributed by atoms with Gasteiger partial charge in [0.1, 0.15) is 0 Å². The van der Waals surface area contributed by atoms with E-state index in [1.807, 2.05) is 32.0 Å². The lowest BCUT2D eigenvalue weighted by atomic mass is 10.1. The van der Waals surface area contributed by atoms with Gasteiger partial charge in [-0.1, -0.05) is 35.3 Å². The summed E-state index contributed by atoms with van der Waals surface area (Å²) in [6, 6.07) is 15.2. The molecule has 0 bridgehead atoms. The van der Waals surface area contributed by atoms with Crippen molar-refractivity contribution >= 4 is 58.5 Å². The molecule has 192 valence electrons. The molecule has 0 atom stereocenters. The molecule has 3 N–H and O–H groups in total. The third-order valence-corrected chi connectivity index (χ3v) is 5.66. The van der Waals surface area contributed by atoms with E-state index in [0.29, 0.717) is 22.7 Å². The number of amides is 3. The van der Waals surface area contributed by atoms with Crippen molar-refractivity contribution in [3.63, 3.8) is 0 Å². The fourth-order valence-electron chi connectivity index (χ4n) is 3.27. The van der Waals surface area contributed by atoms with Gasteiger partial charge in [-0.05, 0) is 73.0 Å². The second kappa shape index (κ2) is 12.8. The first-order valence-corrected chi connectivity index (χ1v) is 11.7. The average molecular weight is 543 g/mol. The standard InChI is InChI=1S/C26H24Cl2N4O5/c1-15-9-16(2)11-18(10-15)30-23(33)14-37-21-8-7-17(12-22(21)36-3)13-29-32-26(35)25(34)31-20-6-4-5-19(27)24(20)28/h4-13H,14H2,1-3H3,(H,30,33)(H,31,34)(H,32,35)/b29-13-. The minimum Gasteiger partial charge on any atom is -0.493 e. The lowest BCUT2D eigenvalue weighted by molar-refractivity contribution is -0.136. The summed E-state index contributed by atoms with van der Waals surface area (Å²) in [5.41, 5.74) is 5.63. The SMILES string of the molecule is COc1cc(/C=N\NC(=O)C(=O)Nc2cccc(Cl)c2Cl)ccc1OCC(=O)Nc1cc(C)cc(C)c1. The number of aryl methyl sites for hydroxylation is 2. The molecule has 0 spiro atoms. The molecule has 0 radical (unpaired) electrons. The highest BCUT2D eigenvalue weighted by Crippen LogP contribution is 2.29. The summed E-state index contributed by atoms with van der Waals surface area (Å²) in [5.74, 6) is -1.60. The number of methoxy groups -OCH3 is 1. The van der Waals surface area contributed by atoms with Crippen LogP contribution >= 0.6 is 23.2 Å². The number of nitrogens with zero attached hydrogens (tertiary/aromatic N) is 1. The Balaban J connectivity index is 1.54. The summed E-state index contributed by atoms with van der Waals surface area (Å²) < 4.78 is 10.9. The Kier molecular flexibility index (Phi) is 9.48. The quantitative estimate of drug-likeness (QED) is 0.216. The van der Waals surface area contributed by atoms with Crippen molar-refractivity contribution < 1.29 is 23.9 Å². The molecule has 0 saturated heterocycles. The second-order valence-electron chi connectivity index (χ2n) is 7.88. The Morgan fingerprint density at radius 3 is 2.35 bits per heavy atom. The zero-order valence-electron chi connectivity index (χ0n) is 20.2. The van der Waals surface area contributed by atoms with E-state index in [9.17, 15) is 14.4 Å². The predicted octanol–water partition coefficient (Wildman–Crippen LogP) is 4.73. The van der Waals surface area contributed by atoms with Crippen molar-refractivity contribution in [3.05, 3.63) is 81.3 Å². The first-order valence-electron chi connectivity index (χ1n) is 10.9. The van der Waals surface area contributed by atoms with Gasteiger partial charge < -0.3 is 20.1 Å². The van der Waals surface area contributed by atoms with Gasteiger partial charge >= 0.3 is 11.8 Å². The summed E-state index contributed by atoms with van der Waals surface area (Å²) in [5, 5.41) is 9.29. The number of hydrogen-bond donors (Lipinski definition) is 3. The number of halogens is 2. The van der Waals surface area contributed by atoms with Crippen molar-refractivity contribution in [3.8, 4) is 11.5 Å². The topological polar surface area (TPSA) is 118 Å². The van der Waals surface area contributed by atoms with Gasteiger partial charge in [0.15, 0.2) is 18.1 Å². The summed E-state index contributed by atoms with van der Waals surface area (Å²) >= 11 is 11.9. The normalized spacial score (nSPS) is 10.6. The molecule has 3 aromatic rings. The van der Waals surface area contributed by atoms with Gasteiger partial charge in [0.05, 0.1) is 29.1 Å². The number of carbonyl (C=O) groups excluding carboxylic acids is 3. The third kappa shape index (κ3) is 7.96. The minimum atomic E-state index is -1.01. The maximum Gasteiger partial charge on any atom is 0.329 e. The van der Waals surface area contributed by atoms with Crippen LogP contribution in [0.15, 0.2) is 59.7 Å². The number of anilines is 2. The Hall–Kier alpha value is -4.08. The van der Waals surface area contributed by atoms with Crippen molar-refractivity contribution in [2.45, 2.75) is 13.8 Å². The van der Waals surface area contributed by atoms with E-state index in [4.69, 9.17) is 32.7 Å². The predicted molar refractivity (Wildman–Crippen MR) is 144 cm³/mol. The van der Waals surface area contributed by atoms with Crippen LogP contribution in [0.2, 0.25) is 10.0 Å². The van der Waals surface area contributed by atoms with Gasteiger partial charge in [0, 0.05) is 5.69 Å². The van der Waals surface area contributed by atoms with Crippen LogP contribution in [-0.4, -0.2) is 37.7 Å². The van der Waals surface area contributed by atoms with E-state index in [1.54, 1.807) is 30.3 Å². The van der Waals surface area contributed by atoms with E-state index in [2.05, 4.69) is 21.2 Å². The zero-order valence-corrected chi connectivity index (χ0v) is 21.7. The molecule has 37 heavy (non-hydrogen) atoms. The molecule has 0 fully saturated rings. The molecule has 0 aliphatic heterocycles. The number of carbonyl (C=O) groups is 3. The molecular formula is C26H24Cl2N4O5. The Morgan fingerprint density at radius 1 is 0.919 bits per heavy atom. The molecule has 11 heteroatoms. The molecule has 0 aliphatic carbocycles. The van der Waals surface area contributed by atoms with E-state index >= 15 is 0 Å². The van der Waals surface area contributed by atoms with Gasteiger partial charge in [-0.2, -0.15) is 5.10 Å². The van der Waals surface area contributed by atoms with E-state index in [-0.39, 0.29) is 28.2 Å². The van der Waals surface area contributed by atoms with Crippen LogP contribution in [0.1, 0.15) is 16.7 Å². The van der Waals surface area contributed by atoms with Crippen LogP contribution in [0.3, 0.4) is 0 Å². The second-order valence-corrected chi connectivity index (χ2v) is 8.66. The number of rotatable bonds is 8. The number of ether oxygens (including phenoxy) is 2. The molecule has 0 aromatic heterocycles. The van der Waals surface area contributed by atoms with Crippen LogP contribution in [0.4, 0.5) is 11.4 Å². The number of hydrogen-bond acceptors (Lipinski definition) is 6. The van der Waals surface area contributed by atoms with Crippen LogP contribution in [-0.2, 0) is 14.4 Å². The smallest absolute Gasteiger partial charge is 0.329 e. The highest BCUT2D eigenvalue weighted by molar-refractivity contribution is 6.45. The Labute approximate surface area is 223 Å². The summed E-state index contributed by atoms with van der Waals surface area (Å²) in [7, 11) is 1.45. The molecule has 3 amide bonds. The maximum absolute atomic E-state index is 12.3. The van der Waals surface area contributed by atoms with Crippen LogP contribution in [0, 0.1) is 13.8 Å². The number of hydrazone groups is 1. The molecule has 0 heterocycles. The van der Waals surface area contributed by atoms with Crippen LogP contribution < -0.4 is 25.5 Å². The van der Waals surface area contributed by atoms with Crippen molar-refractivity contribution in [2.24, 2.45) is 5.10 Å². The van der Waals surface area contributed by atoms with Gasteiger partial charge in [0.25, 0.3) is 5.91 Å². The molecule has 0 unspecified atom stereocenters. The fraction of sp³-hybridized carbons (Fsp3) is 0.154. The lowest BCUT2D eigenvalue weighted by Crippen LogP contribution is -2.32. The first kappa shape index (κ1) is 27.5. The monoisotopic (exact) mass is 542 g/mol. The molecule has 3 aromatic carbocycles. The highest BCUT2D eigenvalue weighted by Gasteiger charge is 2.15. The summed E-state index contributed by atoms with van der Waals surface area (Å²) in [6.45, 7) is 3.68. The number of benzene rings is 3. The Morgan fingerprint density at radius 2 is 1.65 bits per heavy atom. The summed E-state index contributed by atoms with van der Waals surface area (Å²) in [6.07, 6.45) is 1.32. The zero-order chi connectivity index (χ0) is 26.9. The largest absolute Gasteiger partial charge is 0.493 e. The van der Waals surface area contributed by atoms with Crippen LogP contribution in [0.25, 0.3) is 0 Å². The average Bonchev–Trinajstić information content (AvgIpc) is 2.85. The Bertz CT molecular complexity index is 1340.